The van der Waals surface area contributed by atoms with Crippen LogP contribution in [0.2, 0.25) is 0 Å². The summed E-state index contributed by atoms with van der Waals surface area (Å²) in [6.45, 7) is 5.15. The molecule has 0 radical (unpaired) electrons. The van der Waals surface area contributed by atoms with E-state index >= 15 is 0 Å². The molecule has 1 unspecified atom stereocenters. The number of hydrogen-bond acceptors (Lipinski definition) is 2. The van der Waals surface area contributed by atoms with Gasteiger partial charge in [-0.05, 0) is 32.0 Å². The average molecular weight is 128 g/mol. The summed E-state index contributed by atoms with van der Waals surface area (Å²) < 4.78 is 0. The van der Waals surface area contributed by atoms with E-state index in [4.69, 9.17) is 0 Å². The Labute approximate surface area is 57.7 Å². The lowest BCUT2D eigenvalue weighted by atomic mass is 10.0. The SMILES string of the molecule is CN1CC2CNC[C@@H]2C1.[HH]. The van der Waals surface area contributed by atoms with Crippen LogP contribution in [0.25, 0.3) is 0 Å². The smallest absolute Gasteiger partial charge is 0.00225 e. The Kier molecular flexibility index (Phi) is 1.24. The number of nitrogens with one attached hydrogen (secondary N) is 1. The Morgan fingerprint density at radius 2 is 1.89 bits per heavy atom. The van der Waals surface area contributed by atoms with Crippen molar-refractivity contribution < 1.29 is 1.43 Å². The van der Waals surface area contributed by atoms with E-state index in [1.54, 1.807) is 0 Å². The van der Waals surface area contributed by atoms with E-state index in [1.165, 1.54) is 26.2 Å². The lowest BCUT2D eigenvalue weighted by molar-refractivity contribution is 0.382. The predicted octanol–water partition coefficient (Wildman–Crippen LogP) is 0.0134. The molecular formula is C7H16N2. The molecule has 0 aromatic rings. The molecule has 1 N–H and O–H groups in total. The maximum Gasteiger partial charge on any atom is 0.00225 e. The van der Waals surface area contributed by atoms with Crippen LogP contribution < -0.4 is 5.32 Å². The van der Waals surface area contributed by atoms with Crippen LogP contribution in [0.5, 0.6) is 0 Å². The van der Waals surface area contributed by atoms with Crippen molar-refractivity contribution in [2.45, 2.75) is 0 Å². The van der Waals surface area contributed by atoms with Crippen LogP contribution in [0.1, 0.15) is 1.43 Å². The summed E-state index contributed by atoms with van der Waals surface area (Å²) in [6.07, 6.45) is 0. The number of likely N-dealkylation sites (tertiary alicyclic amines) is 1. The Morgan fingerprint density at radius 3 is 2.44 bits per heavy atom. The van der Waals surface area contributed by atoms with Gasteiger partial charge in [-0.25, -0.2) is 0 Å². The summed E-state index contributed by atoms with van der Waals surface area (Å²) in [5.41, 5.74) is 0. The van der Waals surface area contributed by atoms with Gasteiger partial charge in [0.1, 0.15) is 0 Å². The molecule has 2 heteroatoms. The number of rotatable bonds is 0. The Balaban J connectivity index is 0.000000500. The van der Waals surface area contributed by atoms with Gasteiger partial charge in [0.15, 0.2) is 0 Å². The molecule has 2 nitrogen and oxygen atoms in total. The van der Waals surface area contributed by atoms with E-state index in [-0.39, 0.29) is 1.43 Å². The van der Waals surface area contributed by atoms with Gasteiger partial charge in [0.05, 0.1) is 0 Å². The molecule has 0 aliphatic carbocycles. The van der Waals surface area contributed by atoms with Gasteiger partial charge >= 0.3 is 0 Å². The second kappa shape index (κ2) is 1.96. The first kappa shape index (κ1) is 5.69. The van der Waals surface area contributed by atoms with E-state index < -0.39 is 0 Å². The second-order valence-corrected chi connectivity index (χ2v) is 3.40. The van der Waals surface area contributed by atoms with Crippen LogP contribution in [-0.2, 0) is 0 Å². The third kappa shape index (κ3) is 0.864. The highest BCUT2D eigenvalue weighted by Crippen LogP contribution is 2.24. The van der Waals surface area contributed by atoms with Crippen LogP contribution in [0.15, 0.2) is 0 Å². The molecule has 0 bridgehead atoms. The summed E-state index contributed by atoms with van der Waals surface area (Å²) in [7, 11) is 2.22. The zero-order valence-corrected chi connectivity index (χ0v) is 5.93. The van der Waals surface area contributed by atoms with Gasteiger partial charge in [-0.3, -0.25) is 0 Å². The molecule has 0 aromatic carbocycles. The first-order valence-corrected chi connectivity index (χ1v) is 3.75. The summed E-state index contributed by atoms with van der Waals surface area (Å²) >= 11 is 0. The zero-order valence-electron chi connectivity index (χ0n) is 5.93. The molecule has 2 fully saturated rings. The molecule has 0 aromatic heterocycles. The first-order chi connectivity index (χ1) is 4.36. The minimum absolute atomic E-state index is 0. The largest absolute Gasteiger partial charge is 0.316 e. The van der Waals surface area contributed by atoms with Crippen LogP contribution in [-0.4, -0.2) is 38.1 Å². The third-order valence-corrected chi connectivity index (χ3v) is 2.57. The molecule has 2 rings (SSSR count). The fourth-order valence-corrected chi connectivity index (χ4v) is 2.09. The lowest BCUT2D eigenvalue weighted by Crippen LogP contribution is -2.21. The van der Waals surface area contributed by atoms with E-state index in [0.29, 0.717) is 0 Å². The van der Waals surface area contributed by atoms with Crippen molar-refractivity contribution in [3.8, 4) is 0 Å². The van der Waals surface area contributed by atoms with Crippen LogP contribution in [0, 0.1) is 11.8 Å². The van der Waals surface area contributed by atoms with Crippen molar-refractivity contribution >= 4 is 0 Å². The molecule has 54 valence electrons. The number of hydrogen-bond donors (Lipinski definition) is 1. The first-order valence-electron chi connectivity index (χ1n) is 3.75. The fourth-order valence-electron chi connectivity index (χ4n) is 2.09. The molecule has 2 saturated heterocycles. The van der Waals surface area contributed by atoms with Crippen molar-refractivity contribution in [2.24, 2.45) is 11.8 Å². The summed E-state index contributed by atoms with van der Waals surface area (Å²) in [5, 5.41) is 3.42. The highest BCUT2D eigenvalue weighted by molar-refractivity contribution is 4.89. The summed E-state index contributed by atoms with van der Waals surface area (Å²) in [4.78, 5) is 2.44. The van der Waals surface area contributed by atoms with Crippen LogP contribution in [0.4, 0.5) is 0 Å². The van der Waals surface area contributed by atoms with E-state index in [1.807, 2.05) is 0 Å². The third-order valence-electron chi connectivity index (χ3n) is 2.57. The Bertz CT molecular complexity index is 106. The molecule has 2 aliphatic rings. The topological polar surface area (TPSA) is 15.3 Å². The van der Waals surface area contributed by atoms with E-state index in [2.05, 4.69) is 17.3 Å². The normalized spacial score (nSPS) is 43.7. The Hall–Kier alpha value is -0.0800. The summed E-state index contributed by atoms with van der Waals surface area (Å²) in [5.74, 6) is 1.94. The molecule has 9 heavy (non-hydrogen) atoms. The minimum atomic E-state index is 0. The van der Waals surface area contributed by atoms with Gasteiger partial charge in [0.25, 0.3) is 0 Å². The van der Waals surface area contributed by atoms with Crippen molar-refractivity contribution in [1.29, 1.82) is 0 Å². The fraction of sp³-hybridized carbons (Fsp3) is 1.00. The number of nitrogens with zero attached hydrogens (tertiary/aromatic N) is 1. The molecule has 0 spiro atoms. The zero-order chi connectivity index (χ0) is 6.27. The van der Waals surface area contributed by atoms with E-state index in [9.17, 15) is 0 Å². The van der Waals surface area contributed by atoms with Gasteiger partial charge in [-0.1, -0.05) is 0 Å². The van der Waals surface area contributed by atoms with Crippen molar-refractivity contribution in [1.82, 2.24) is 10.2 Å². The highest BCUT2D eigenvalue weighted by atomic mass is 15.2. The molecular weight excluding hydrogens is 112 g/mol. The molecule has 0 saturated carbocycles. The van der Waals surface area contributed by atoms with Gasteiger partial charge in [0, 0.05) is 14.5 Å². The molecule has 2 atom stereocenters. The lowest BCUT2D eigenvalue weighted by Gasteiger charge is -2.07. The average Bonchev–Trinajstić information content (AvgIpc) is 2.22. The molecule has 2 aliphatic heterocycles. The predicted molar refractivity (Wildman–Crippen MR) is 39.5 cm³/mol. The van der Waals surface area contributed by atoms with Gasteiger partial charge < -0.3 is 10.2 Å². The second-order valence-electron chi connectivity index (χ2n) is 3.40. The Morgan fingerprint density at radius 1 is 1.33 bits per heavy atom. The quantitative estimate of drug-likeness (QED) is 0.494. The van der Waals surface area contributed by atoms with Crippen LogP contribution >= 0.6 is 0 Å². The van der Waals surface area contributed by atoms with Gasteiger partial charge in [-0.15, -0.1) is 0 Å². The van der Waals surface area contributed by atoms with E-state index in [0.717, 1.165) is 11.8 Å². The van der Waals surface area contributed by atoms with Gasteiger partial charge in [0.2, 0.25) is 0 Å². The molecule has 0 amide bonds. The van der Waals surface area contributed by atoms with Crippen molar-refractivity contribution in [3.63, 3.8) is 0 Å². The standard InChI is InChI=1S/C7H14N2.H2/c1-9-4-6-2-8-3-7(6)5-9;/h6-8H,2-5H2,1H3;1H/t6-,7?;/m1./s1. The summed E-state index contributed by atoms with van der Waals surface area (Å²) in [6, 6.07) is 0. The minimum Gasteiger partial charge on any atom is -0.316 e. The maximum absolute atomic E-state index is 3.42. The number of fused-ring (bicyclic) bond motifs is 1. The molecule has 2 heterocycles. The van der Waals surface area contributed by atoms with Crippen molar-refractivity contribution in [2.75, 3.05) is 33.2 Å². The van der Waals surface area contributed by atoms with Crippen molar-refractivity contribution in [3.05, 3.63) is 0 Å². The highest BCUT2D eigenvalue weighted by Gasteiger charge is 2.33. The monoisotopic (exact) mass is 128 g/mol. The van der Waals surface area contributed by atoms with Crippen LogP contribution in [0.3, 0.4) is 0 Å². The van der Waals surface area contributed by atoms with Gasteiger partial charge in [-0.2, -0.15) is 0 Å². The maximum atomic E-state index is 3.42.